The number of pyridine rings is 1. The number of hydrogen-bond donors (Lipinski definition) is 1. The number of anilines is 3. The van der Waals surface area contributed by atoms with Crippen LogP contribution in [0.4, 0.5) is 22.0 Å². The number of carbonyl (C=O) groups is 2. The summed E-state index contributed by atoms with van der Waals surface area (Å²) in [5.74, 6) is 0.203. The van der Waals surface area contributed by atoms with E-state index in [0.717, 1.165) is 19.4 Å². The predicted octanol–water partition coefficient (Wildman–Crippen LogP) is 3.32. The van der Waals surface area contributed by atoms with Crippen molar-refractivity contribution in [3.05, 3.63) is 48.2 Å². The van der Waals surface area contributed by atoms with Gasteiger partial charge in [0.25, 0.3) is 5.91 Å². The second-order valence-electron chi connectivity index (χ2n) is 7.58. The molecule has 7 nitrogen and oxygen atoms in total. The van der Waals surface area contributed by atoms with Gasteiger partial charge in [0.1, 0.15) is 0 Å². The number of hydrogen-bond acceptors (Lipinski definition) is 4. The fraction of sp³-hybridized carbons (Fsp3) is 0.381. The van der Waals surface area contributed by atoms with E-state index in [-0.39, 0.29) is 18.0 Å². The molecule has 0 radical (unpaired) electrons. The van der Waals surface area contributed by atoms with E-state index in [0.29, 0.717) is 28.8 Å². The van der Waals surface area contributed by atoms with Crippen molar-refractivity contribution in [2.75, 3.05) is 30.9 Å². The number of rotatable bonds is 1. The van der Waals surface area contributed by atoms with Gasteiger partial charge >= 0.3 is 6.03 Å². The van der Waals surface area contributed by atoms with Crippen molar-refractivity contribution < 1.29 is 9.59 Å². The molecule has 3 amide bonds. The molecular formula is C21H25N5O2. The summed E-state index contributed by atoms with van der Waals surface area (Å²) in [5, 5.41) is 2.87. The number of carbonyl (C=O) groups excluding carboxylic acids is 2. The van der Waals surface area contributed by atoms with Gasteiger partial charge < -0.3 is 15.1 Å². The molecule has 2 atom stereocenters. The molecule has 1 aromatic carbocycles. The van der Waals surface area contributed by atoms with Crippen molar-refractivity contribution in [3.8, 4) is 0 Å². The number of likely N-dealkylation sites (tertiary alicyclic amines) is 1. The quantitative estimate of drug-likeness (QED) is 0.825. The zero-order chi connectivity index (χ0) is 19.8. The van der Waals surface area contributed by atoms with Gasteiger partial charge in [0, 0.05) is 31.9 Å². The first-order valence-corrected chi connectivity index (χ1v) is 9.60. The molecule has 0 bridgehead atoms. The van der Waals surface area contributed by atoms with E-state index in [4.69, 9.17) is 0 Å². The molecule has 2 aromatic rings. The van der Waals surface area contributed by atoms with Crippen LogP contribution in [-0.4, -0.2) is 59.4 Å². The molecular weight excluding hydrogens is 354 g/mol. The Balaban J connectivity index is 1.75. The number of fused-ring (bicyclic) bond motifs is 2. The van der Waals surface area contributed by atoms with E-state index < -0.39 is 0 Å². The van der Waals surface area contributed by atoms with Crippen LogP contribution in [0.25, 0.3) is 0 Å². The fourth-order valence-corrected chi connectivity index (χ4v) is 3.96. The van der Waals surface area contributed by atoms with E-state index in [1.165, 1.54) is 0 Å². The van der Waals surface area contributed by atoms with Crippen molar-refractivity contribution in [1.82, 2.24) is 14.8 Å². The third-order valence-corrected chi connectivity index (χ3v) is 5.86. The smallest absolute Gasteiger partial charge is 0.324 e. The third kappa shape index (κ3) is 3.11. The minimum atomic E-state index is -0.240. The Morgan fingerprint density at radius 2 is 2.04 bits per heavy atom. The van der Waals surface area contributed by atoms with Crippen LogP contribution in [-0.2, 0) is 0 Å². The standard InChI is InChI=1S/C21H25N5O2/c1-14-13-15(10-12-24(14)2)25(3)21(28)26-18-9-5-4-7-16(18)20(27)23-17-8-6-11-22-19(17)26/h4-9,11,14-15H,10,12-13H2,1-3H3,(H,23,27)/t14-,15+/m1/s1. The van der Waals surface area contributed by atoms with E-state index in [9.17, 15) is 9.59 Å². The van der Waals surface area contributed by atoms with Gasteiger partial charge in [-0.25, -0.2) is 14.7 Å². The summed E-state index contributed by atoms with van der Waals surface area (Å²) in [6.07, 6.45) is 3.47. The van der Waals surface area contributed by atoms with Crippen LogP contribution < -0.4 is 10.2 Å². The Labute approximate surface area is 164 Å². The van der Waals surface area contributed by atoms with Gasteiger partial charge in [-0.15, -0.1) is 0 Å². The van der Waals surface area contributed by atoms with Crippen molar-refractivity contribution in [2.24, 2.45) is 0 Å². The predicted molar refractivity (Wildman–Crippen MR) is 109 cm³/mol. The summed E-state index contributed by atoms with van der Waals surface area (Å²) in [6, 6.07) is 11.1. The maximum absolute atomic E-state index is 13.6. The summed E-state index contributed by atoms with van der Waals surface area (Å²) in [7, 11) is 3.96. The first-order chi connectivity index (χ1) is 13.5. The van der Waals surface area contributed by atoms with Crippen molar-refractivity contribution in [3.63, 3.8) is 0 Å². The number of para-hydroxylation sites is 1. The van der Waals surface area contributed by atoms with E-state index >= 15 is 0 Å². The molecule has 4 rings (SSSR count). The monoisotopic (exact) mass is 379 g/mol. The molecule has 2 aliphatic heterocycles. The van der Waals surface area contributed by atoms with Crippen molar-refractivity contribution >= 4 is 29.1 Å². The van der Waals surface area contributed by atoms with Gasteiger partial charge in [0.2, 0.25) is 0 Å². The minimum Gasteiger partial charge on any atom is -0.324 e. The van der Waals surface area contributed by atoms with Crippen LogP contribution in [0.3, 0.4) is 0 Å². The molecule has 1 aromatic heterocycles. The van der Waals surface area contributed by atoms with Crippen molar-refractivity contribution in [1.29, 1.82) is 0 Å². The van der Waals surface area contributed by atoms with Gasteiger partial charge in [-0.05, 0) is 51.1 Å². The molecule has 0 spiro atoms. The Kier molecular flexibility index (Phi) is 4.77. The van der Waals surface area contributed by atoms with Crippen LogP contribution in [0.2, 0.25) is 0 Å². The Morgan fingerprint density at radius 3 is 2.82 bits per heavy atom. The Morgan fingerprint density at radius 1 is 1.25 bits per heavy atom. The lowest BCUT2D eigenvalue weighted by Gasteiger charge is -2.40. The second-order valence-corrected chi connectivity index (χ2v) is 7.58. The third-order valence-electron chi connectivity index (χ3n) is 5.86. The lowest BCUT2D eigenvalue weighted by atomic mass is 9.98. The molecule has 0 saturated carbocycles. The molecule has 7 heteroatoms. The van der Waals surface area contributed by atoms with Gasteiger partial charge in [-0.2, -0.15) is 0 Å². The summed E-state index contributed by atoms with van der Waals surface area (Å²) >= 11 is 0. The molecule has 2 aliphatic rings. The van der Waals surface area contributed by atoms with Crippen LogP contribution in [0, 0.1) is 0 Å². The normalized spacial score (nSPS) is 22.0. The highest BCUT2D eigenvalue weighted by Gasteiger charge is 2.35. The van der Waals surface area contributed by atoms with E-state index in [2.05, 4.69) is 29.2 Å². The highest BCUT2D eigenvalue weighted by molar-refractivity contribution is 6.16. The molecule has 1 saturated heterocycles. The van der Waals surface area contributed by atoms with Gasteiger partial charge in [-0.3, -0.25) is 4.79 Å². The van der Waals surface area contributed by atoms with E-state index in [1.807, 2.05) is 13.1 Å². The molecule has 146 valence electrons. The topological polar surface area (TPSA) is 68.8 Å². The molecule has 0 aliphatic carbocycles. The summed E-state index contributed by atoms with van der Waals surface area (Å²) in [6.45, 7) is 3.14. The van der Waals surface area contributed by atoms with Crippen LogP contribution >= 0.6 is 0 Å². The largest absolute Gasteiger partial charge is 0.330 e. The number of benzene rings is 1. The van der Waals surface area contributed by atoms with Crippen LogP contribution in [0.5, 0.6) is 0 Å². The number of piperidine rings is 1. The lowest BCUT2D eigenvalue weighted by Crippen LogP contribution is -2.51. The molecule has 3 heterocycles. The molecule has 28 heavy (non-hydrogen) atoms. The zero-order valence-corrected chi connectivity index (χ0v) is 16.4. The first-order valence-electron chi connectivity index (χ1n) is 9.60. The minimum absolute atomic E-state index is 0.143. The maximum Gasteiger partial charge on any atom is 0.330 e. The highest BCUT2D eigenvalue weighted by atomic mass is 16.2. The van der Waals surface area contributed by atoms with E-state index in [1.54, 1.807) is 46.3 Å². The average Bonchev–Trinajstić information content (AvgIpc) is 2.83. The number of urea groups is 1. The number of nitrogens with zero attached hydrogens (tertiary/aromatic N) is 4. The Bertz CT molecular complexity index is 915. The average molecular weight is 379 g/mol. The fourth-order valence-electron chi connectivity index (χ4n) is 3.96. The van der Waals surface area contributed by atoms with Gasteiger partial charge in [-0.1, -0.05) is 12.1 Å². The maximum atomic E-state index is 13.6. The SMILES string of the molecule is C[C@@H]1C[C@@H](N(C)C(=O)N2c3ccccc3C(=O)Nc3cccnc32)CCN1C. The number of aromatic nitrogens is 1. The van der Waals surface area contributed by atoms with Gasteiger partial charge in [0.05, 0.1) is 16.9 Å². The van der Waals surface area contributed by atoms with Crippen LogP contribution in [0.15, 0.2) is 42.6 Å². The molecule has 0 unspecified atom stereocenters. The molecule has 1 fully saturated rings. The van der Waals surface area contributed by atoms with Gasteiger partial charge in [0.15, 0.2) is 5.82 Å². The second kappa shape index (κ2) is 7.24. The van der Waals surface area contributed by atoms with Crippen molar-refractivity contribution in [2.45, 2.75) is 31.8 Å². The first kappa shape index (κ1) is 18.4. The summed E-state index contributed by atoms with van der Waals surface area (Å²) in [5.41, 5.74) is 1.54. The summed E-state index contributed by atoms with van der Waals surface area (Å²) < 4.78 is 0. The number of amides is 3. The summed E-state index contributed by atoms with van der Waals surface area (Å²) in [4.78, 5) is 36.4. The highest BCUT2D eigenvalue weighted by Crippen LogP contribution is 2.37. The number of nitrogens with one attached hydrogen (secondary N) is 1. The Hall–Kier alpha value is -2.93. The molecule has 1 N–H and O–H groups in total. The lowest BCUT2D eigenvalue weighted by molar-refractivity contribution is 0.102. The van der Waals surface area contributed by atoms with Crippen LogP contribution in [0.1, 0.15) is 30.1 Å². The zero-order valence-electron chi connectivity index (χ0n) is 16.4.